The van der Waals surface area contributed by atoms with Crippen LogP contribution in [0.5, 0.6) is 0 Å². The molecule has 0 spiro atoms. The highest BCUT2D eigenvalue weighted by molar-refractivity contribution is 7.91. The number of benzene rings is 2. The van der Waals surface area contributed by atoms with E-state index in [4.69, 9.17) is 8.83 Å². The maximum absolute atomic E-state index is 13.4. The summed E-state index contributed by atoms with van der Waals surface area (Å²) < 4.78 is 38.8. The number of rotatable bonds is 4. The molecule has 2 fully saturated rings. The van der Waals surface area contributed by atoms with Crippen molar-refractivity contribution in [1.82, 2.24) is 9.97 Å². The van der Waals surface area contributed by atoms with E-state index in [0.717, 1.165) is 37.5 Å². The third-order valence-corrected chi connectivity index (χ3v) is 9.03. The van der Waals surface area contributed by atoms with Crippen LogP contribution < -0.4 is 0 Å². The largest absolute Gasteiger partial charge is 0.440 e. The molecule has 0 radical (unpaired) electrons. The van der Waals surface area contributed by atoms with Crippen LogP contribution in [0.4, 0.5) is 0 Å². The van der Waals surface area contributed by atoms with Gasteiger partial charge in [-0.1, -0.05) is 38.5 Å². The number of fused-ring (bicyclic) bond motifs is 2. The molecule has 0 bridgehead atoms. The Kier molecular flexibility index (Phi) is 5.24. The summed E-state index contributed by atoms with van der Waals surface area (Å²) in [6, 6.07) is 9.90. The highest BCUT2D eigenvalue weighted by Gasteiger charge is 2.25. The smallest absolute Gasteiger partial charge is 0.206 e. The molecule has 4 aromatic rings. The Balaban J connectivity index is 1.32. The molecule has 0 saturated heterocycles. The molecule has 172 valence electrons. The van der Waals surface area contributed by atoms with Gasteiger partial charge in [-0.3, -0.25) is 0 Å². The molecular formula is C26H28N2O4S. The molecule has 2 aromatic heterocycles. The first-order valence-electron chi connectivity index (χ1n) is 12.1. The van der Waals surface area contributed by atoms with Gasteiger partial charge in [-0.2, -0.15) is 0 Å². The number of aromatic nitrogens is 2. The second kappa shape index (κ2) is 8.28. The van der Waals surface area contributed by atoms with Gasteiger partial charge >= 0.3 is 0 Å². The van der Waals surface area contributed by atoms with E-state index >= 15 is 0 Å². The second-order valence-electron chi connectivity index (χ2n) is 9.54. The van der Waals surface area contributed by atoms with Crippen molar-refractivity contribution in [1.29, 1.82) is 0 Å². The zero-order valence-corrected chi connectivity index (χ0v) is 19.4. The molecule has 2 aromatic carbocycles. The van der Waals surface area contributed by atoms with Crippen LogP contribution >= 0.6 is 0 Å². The van der Waals surface area contributed by atoms with Crippen molar-refractivity contribution >= 4 is 32.0 Å². The van der Waals surface area contributed by atoms with Gasteiger partial charge in [0, 0.05) is 11.8 Å². The fourth-order valence-corrected chi connectivity index (χ4v) is 6.67. The van der Waals surface area contributed by atoms with E-state index in [1.165, 1.54) is 38.5 Å². The number of nitrogens with zero attached hydrogens (tertiary/aromatic N) is 2. The van der Waals surface area contributed by atoms with E-state index in [9.17, 15) is 8.42 Å². The highest BCUT2D eigenvalue weighted by atomic mass is 32.2. The predicted octanol–water partition coefficient (Wildman–Crippen LogP) is 6.90. The lowest BCUT2D eigenvalue weighted by molar-refractivity contribution is 0.373. The Labute approximate surface area is 193 Å². The van der Waals surface area contributed by atoms with Crippen LogP contribution in [0.3, 0.4) is 0 Å². The lowest BCUT2D eigenvalue weighted by Gasteiger charge is -2.17. The number of hydrogen-bond acceptors (Lipinski definition) is 6. The van der Waals surface area contributed by atoms with Crippen LogP contribution in [0, 0.1) is 0 Å². The first kappa shape index (κ1) is 20.9. The lowest BCUT2D eigenvalue weighted by Crippen LogP contribution is -2.04. The first-order valence-corrected chi connectivity index (χ1v) is 13.6. The SMILES string of the molecule is O=S(=O)(c1ccc2oc(C3CCCCC3)nc2c1)c1ccc2oc(C3CCCCC3)nc2c1. The molecule has 2 heterocycles. The average molecular weight is 465 g/mol. The summed E-state index contributed by atoms with van der Waals surface area (Å²) in [5.41, 5.74) is 2.47. The van der Waals surface area contributed by atoms with Crippen LogP contribution in [-0.2, 0) is 9.84 Å². The Morgan fingerprint density at radius 3 is 1.48 bits per heavy atom. The van der Waals surface area contributed by atoms with Crippen LogP contribution in [0.15, 0.2) is 55.0 Å². The van der Waals surface area contributed by atoms with Gasteiger partial charge in [-0.05, 0) is 62.1 Å². The molecule has 0 amide bonds. The van der Waals surface area contributed by atoms with Crippen LogP contribution in [0.25, 0.3) is 22.2 Å². The summed E-state index contributed by atoms with van der Waals surface area (Å²) in [5.74, 6) is 2.13. The molecule has 2 saturated carbocycles. The topological polar surface area (TPSA) is 86.2 Å². The van der Waals surface area contributed by atoms with Gasteiger partial charge in [-0.25, -0.2) is 18.4 Å². The van der Waals surface area contributed by atoms with E-state index < -0.39 is 9.84 Å². The quantitative estimate of drug-likeness (QED) is 0.327. The summed E-state index contributed by atoms with van der Waals surface area (Å²) in [6.45, 7) is 0. The maximum atomic E-state index is 13.4. The minimum absolute atomic E-state index is 0.217. The average Bonchev–Trinajstić information content (AvgIpc) is 3.48. The van der Waals surface area contributed by atoms with E-state index in [1.54, 1.807) is 36.4 Å². The molecule has 6 rings (SSSR count). The van der Waals surface area contributed by atoms with E-state index in [-0.39, 0.29) is 9.79 Å². The van der Waals surface area contributed by atoms with Gasteiger partial charge < -0.3 is 8.83 Å². The molecule has 33 heavy (non-hydrogen) atoms. The molecule has 6 nitrogen and oxygen atoms in total. The van der Waals surface area contributed by atoms with Crippen molar-refractivity contribution in [2.24, 2.45) is 0 Å². The normalized spacial score (nSPS) is 18.9. The Morgan fingerprint density at radius 2 is 1.06 bits per heavy atom. The Hall–Kier alpha value is -2.67. The highest BCUT2D eigenvalue weighted by Crippen LogP contribution is 2.36. The third-order valence-electron chi connectivity index (χ3n) is 7.28. The van der Waals surface area contributed by atoms with Crippen molar-refractivity contribution in [3.63, 3.8) is 0 Å². The molecule has 0 N–H and O–H groups in total. The van der Waals surface area contributed by atoms with Crippen LogP contribution in [0.2, 0.25) is 0 Å². The summed E-state index contributed by atoms with van der Waals surface area (Å²) in [5, 5.41) is 0. The Bertz CT molecular complexity index is 1300. The number of sulfone groups is 1. The van der Waals surface area contributed by atoms with Gasteiger partial charge in [-0.15, -0.1) is 0 Å². The first-order chi connectivity index (χ1) is 16.1. The number of hydrogen-bond donors (Lipinski definition) is 0. The summed E-state index contributed by atoms with van der Waals surface area (Å²) >= 11 is 0. The van der Waals surface area contributed by atoms with Gasteiger partial charge in [0.1, 0.15) is 11.0 Å². The summed E-state index contributed by atoms with van der Waals surface area (Å²) in [4.78, 5) is 9.73. The molecular weight excluding hydrogens is 436 g/mol. The molecule has 0 unspecified atom stereocenters. The predicted molar refractivity (Wildman–Crippen MR) is 125 cm³/mol. The molecule has 0 atom stereocenters. The van der Waals surface area contributed by atoms with Gasteiger partial charge in [0.15, 0.2) is 22.9 Å². The van der Waals surface area contributed by atoms with Gasteiger partial charge in [0.05, 0.1) is 9.79 Å². The van der Waals surface area contributed by atoms with Crippen LogP contribution in [0.1, 0.15) is 87.8 Å². The minimum atomic E-state index is -3.72. The molecule has 7 heteroatoms. The summed E-state index contributed by atoms with van der Waals surface area (Å²) in [6.07, 6.45) is 11.6. The molecule has 2 aliphatic carbocycles. The van der Waals surface area contributed by atoms with Crippen molar-refractivity contribution in [2.45, 2.75) is 85.8 Å². The fourth-order valence-electron chi connectivity index (χ4n) is 5.37. The zero-order valence-electron chi connectivity index (χ0n) is 18.6. The number of oxazole rings is 2. The standard InChI is InChI=1S/C26H28N2O4S/c29-33(30,19-11-13-23-21(15-19)27-25(31-23)17-7-3-1-4-8-17)20-12-14-24-22(16-20)28-26(32-24)18-9-5-2-6-10-18/h11-18H,1-10H2. The second-order valence-corrected chi connectivity index (χ2v) is 11.5. The Morgan fingerprint density at radius 1 is 0.636 bits per heavy atom. The lowest BCUT2D eigenvalue weighted by atomic mass is 9.89. The molecule has 2 aliphatic rings. The monoisotopic (exact) mass is 464 g/mol. The van der Waals surface area contributed by atoms with E-state index in [0.29, 0.717) is 34.0 Å². The van der Waals surface area contributed by atoms with Gasteiger partial charge in [0.25, 0.3) is 0 Å². The zero-order chi connectivity index (χ0) is 22.4. The van der Waals surface area contributed by atoms with Crippen LogP contribution in [-0.4, -0.2) is 18.4 Å². The summed E-state index contributed by atoms with van der Waals surface area (Å²) in [7, 11) is -3.72. The fraction of sp³-hybridized carbons (Fsp3) is 0.462. The third kappa shape index (κ3) is 3.86. The van der Waals surface area contributed by atoms with Crippen molar-refractivity contribution in [3.8, 4) is 0 Å². The van der Waals surface area contributed by atoms with Crippen molar-refractivity contribution in [3.05, 3.63) is 48.2 Å². The minimum Gasteiger partial charge on any atom is -0.440 e. The van der Waals surface area contributed by atoms with E-state index in [2.05, 4.69) is 9.97 Å². The van der Waals surface area contributed by atoms with Gasteiger partial charge in [0.2, 0.25) is 9.84 Å². The van der Waals surface area contributed by atoms with Crippen molar-refractivity contribution < 1.29 is 17.3 Å². The van der Waals surface area contributed by atoms with E-state index in [1.807, 2.05) is 0 Å². The molecule has 0 aliphatic heterocycles. The maximum Gasteiger partial charge on any atom is 0.206 e. The van der Waals surface area contributed by atoms with Crippen molar-refractivity contribution in [2.75, 3.05) is 0 Å².